The van der Waals surface area contributed by atoms with Crippen molar-refractivity contribution in [2.75, 3.05) is 5.75 Å². The second-order valence-electron chi connectivity index (χ2n) is 5.06. The number of carbonyl (C=O) groups excluding carboxylic acids is 1. The Morgan fingerprint density at radius 3 is 2.95 bits per heavy atom. The highest BCUT2D eigenvalue weighted by atomic mass is 32.2. The molecule has 0 radical (unpaired) electrons. The highest BCUT2D eigenvalue weighted by molar-refractivity contribution is 7.99. The number of nitrogens with zero attached hydrogens (tertiary/aromatic N) is 3. The molecule has 0 bridgehead atoms. The molecule has 2 aromatic heterocycles. The molecule has 0 atom stereocenters. The Labute approximate surface area is 126 Å². The molecule has 0 aliphatic heterocycles. The highest BCUT2D eigenvalue weighted by Crippen LogP contribution is 2.18. The fourth-order valence-corrected chi connectivity index (χ4v) is 3.12. The molecule has 21 heavy (non-hydrogen) atoms. The standard InChI is InChI=1S/C14H16N4O2S/c19-12(15-10-5-1-2-6-10)9-21-13-16-11-7-3-4-8-18(11)14(20)17-13/h3-4,7-8,10H,1-2,5-6,9H2,(H,15,19). The predicted molar refractivity (Wildman–Crippen MR) is 80.4 cm³/mol. The van der Waals surface area contributed by atoms with Gasteiger partial charge in [0.1, 0.15) is 5.65 Å². The van der Waals surface area contributed by atoms with Gasteiger partial charge in [-0.05, 0) is 25.0 Å². The number of fused-ring (bicyclic) bond motifs is 1. The number of pyridine rings is 1. The summed E-state index contributed by atoms with van der Waals surface area (Å²) in [6.07, 6.45) is 6.11. The maximum Gasteiger partial charge on any atom is 0.355 e. The van der Waals surface area contributed by atoms with Crippen LogP contribution in [0.3, 0.4) is 0 Å². The first kappa shape index (κ1) is 14.1. The van der Waals surface area contributed by atoms with Gasteiger partial charge in [0.25, 0.3) is 0 Å². The van der Waals surface area contributed by atoms with E-state index in [2.05, 4.69) is 15.3 Å². The van der Waals surface area contributed by atoms with Crippen LogP contribution < -0.4 is 11.0 Å². The third-order valence-corrected chi connectivity index (χ3v) is 4.35. The third kappa shape index (κ3) is 3.41. The van der Waals surface area contributed by atoms with Gasteiger partial charge in [0, 0.05) is 12.2 Å². The molecule has 7 heteroatoms. The Kier molecular flexibility index (Phi) is 4.19. The van der Waals surface area contributed by atoms with Crippen LogP contribution >= 0.6 is 11.8 Å². The molecule has 0 saturated heterocycles. The number of hydrogen-bond acceptors (Lipinski definition) is 5. The summed E-state index contributed by atoms with van der Waals surface area (Å²) < 4.78 is 1.38. The smallest absolute Gasteiger partial charge is 0.353 e. The molecular weight excluding hydrogens is 288 g/mol. The zero-order valence-corrected chi connectivity index (χ0v) is 12.3. The van der Waals surface area contributed by atoms with Crippen molar-refractivity contribution in [1.82, 2.24) is 19.7 Å². The molecule has 1 amide bonds. The molecule has 6 nitrogen and oxygen atoms in total. The van der Waals surface area contributed by atoms with E-state index in [4.69, 9.17) is 0 Å². The first-order valence-corrected chi connectivity index (χ1v) is 7.98. The Morgan fingerprint density at radius 2 is 2.14 bits per heavy atom. The number of amides is 1. The second kappa shape index (κ2) is 6.26. The summed E-state index contributed by atoms with van der Waals surface area (Å²) >= 11 is 1.19. The van der Waals surface area contributed by atoms with E-state index in [-0.39, 0.29) is 17.3 Å². The van der Waals surface area contributed by atoms with E-state index in [9.17, 15) is 9.59 Å². The van der Waals surface area contributed by atoms with Gasteiger partial charge >= 0.3 is 5.69 Å². The van der Waals surface area contributed by atoms with Gasteiger partial charge in [0.2, 0.25) is 5.91 Å². The minimum absolute atomic E-state index is 0.0243. The van der Waals surface area contributed by atoms with Gasteiger partial charge in [-0.15, -0.1) is 0 Å². The zero-order valence-electron chi connectivity index (χ0n) is 11.5. The lowest BCUT2D eigenvalue weighted by Gasteiger charge is -2.11. The number of nitrogens with one attached hydrogen (secondary N) is 1. The summed E-state index contributed by atoms with van der Waals surface area (Å²) in [6.45, 7) is 0. The van der Waals surface area contributed by atoms with Gasteiger partial charge in [-0.3, -0.25) is 9.20 Å². The molecule has 2 aromatic rings. The average Bonchev–Trinajstić information content (AvgIpc) is 2.98. The lowest BCUT2D eigenvalue weighted by molar-refractivity contribution is -0.119. The molecule has 3 rings (SSSR count). The molecule has 0 spiro atoms. The molecule has 2 heterocycles. The number of carbonyl (C=O) groups is 1. The van der Waals surface area contributed by atoms with Crippen LogP contribution in [0.4, 0.5) is 0 Å². The van der Waals surface area contributed by atoms with Gasteiger partial charge in [0.15, 0.2) is 5.16 Å². The van der Waals surface area contributed by atoms with Gasteiger partial charge in [-0.2, -0.15) is 4.98 Å². The van der Waals surface area contributed by atoms with Crippen molar-refractivity contribution >= 4 is 23.3 Å². The van der Waals surface area contributed by atoms with Crippen LogP contribution in [0.5, 0.6) is 0 Å². The largest absolute Gasteiger partial charge is 0.355 e. The Bertz CT molecular complexity index is 709. The Hall–Kier alpha value is -1.89. The molecule has 1 fully saturated rings. The normalized spacial score (nSPS) is 15.4. The lowest BCUT2D eigenvalue weighted by Crippen LogP contribution is -2.34. The van der Waals surface area contributed by atoms with Crippen molar-refractivity contribution in [3.8, 4) is 0 Å². The number of thioether (sulfide) groups is 1. The molecule has 1 saturated carbocycles. The third-order valence-electron chi connectivity index (χ3n) is 3.50. The van der Waals surface area contributed by atoms with E-state index >= 15 is 0 Å². The monoisotopic (exact) mass is 304 g/mol. The first-order valence-electron chi connectivity index (χ1n) is 7.00. The number of hydrogen-bond donors (Lipinski definition) is 1. The number of rotatable bonds is 4. The molecule has 1 N–H and O–H groups in total. The summed E-state index contributed by atoms with van der Waals surface area (Å²) in [4.78, 5) is 31.8. The highest BCUT2D eigenvalue weighted by Gasteiger charge is 2.17. The van der Waals surface area contributed by atoms with Crippen LogP contribution in [0.2, 0.25) is 0 Å². The summed E-state index contributed by atoms with van der Waals surface area (Å²) in [5, 5.41) is 3.34. The molecule has 110 valence electrons. The van der Waals surface area contributed by atoms with Crippen molar-refractivity contribution in [2.24, 2.45) is 0 Å². The summed E-state index contributed by atoms with van der Waals surface area (Å²) in [5.74, 6) is 0.211. The predicted octanol–water partition coefficient (Wildman–Crippen LogP) is 1.24. The van der Waals surface area contributed by atoms with Crippen LogP contribution in [0.25, 0.3) is 5.65 Å². The second-order valence-corrected chi connectivity index (χ2v) is 6.00. The molecule has 1 aliphatic rings. The molecular formula is C14H16N4O2S. The van der Waals surface area contributed by atoms with Crippen molar-refractivity contribution in [3.63, 3.8) is 0 Å². The van der Waals surface area contributed by atoms with Crippen molar-refractivity contribution in [1.29, 1.82) is 0 Å². The van der Waals surface area contributed by atoms with Crippen LogP contribution in [-0.2, 0) is 4.79 Å². The van der Waals surface area contributed by atoms with Crippen LogP contribution in [0, 0.1) is 0 Å². The van der Waals surface area contributed by atoms with Gasteiger partial charge in [-0.25, -0.2) is 9.78 Å². The maximum atomic E-state index is 11.9. The molecule has 1 aliphatic carbocycles. The van der Waals surface area contributed by atoms with E-state index in [1.165, 1.54) is 29.0 Å². The van der Waals surface area contributed by atoms with Crippen LogP contribution in [0.1, 0.15) is 25.7 Å². The average molecular weight is 304 g/mol. The Balaban J connectivity index is 1.65. The van der Waals surface area contributed by atoms with Gasteiger partial charge in [-0.1, -0.05) is 30.7 Å². The van der Waals surface area contributed by atoms with Gasteiger partial charge < -0.3 is 5.32 Å². The number of aromatic nitrogens is 3. The van der Waals surface area contributed by atoms with Crippen LogP contribution in [-0.4, -0.2) is 32.1 Å². The minimum Gasteiger partial charge on any atom is -0.353 e. The molecule has 0 unspecified atom stereocenters. The summed E-state index contributed by atoms with van der Waals surface area (Å²) in [6, 6.07) is 5.61. The fraction of sp³-hybridized carbons (Fsp3) is 0.429. The lowest BCUT2D eigenvalue weighted by atomic mass is 10.2. The van der Waals surface area contributed by atoms with Crippen molar-refractivity contribution in [2.45, 2.75) is 36.9 Å². The molecule has 0 aromatic carbocycles. The maximum absolute atomic E-state index is 11.9. The first-order chi connectivity index (χ1) is 10.2. The Morgan fingerprint density at radius 1 is 1.33 bits per heavy atom. The summed E-state index contributed by atoms with van der Waals surface area (Å²) in [5.41, 5.74) is 0.163. The van der Waals surface area contributed by atoms with Crippen molar-refractivity contribution in [3.05, 3.63) is 34.9 Å². The van der Waals surface area contributed by atoms with E-state index in [0.717, 1.165) is 12.8 Å². The van der Waals surface area contributed by atoms with E-state index < -0.39 is 0 Å². The topological polar surface area (TPSA) is 76.4 Å². The minimum atomic E-state index is -0.376. The van der Waals surface area contributed by atoms with Gasteiger partial charge in [0.05, 0.1) is 5.75 Å². The zero-order chi connectivity index (χ0) is 14.7. The SMILES string of the molecule is O=C(CSc1nc(=O)n2ccccc2n1)NC1CCCC1. The van der Waals surface area contributed by atoms with E-state index in [1.807, 2.05) is 6.07 Å². The fourth-order valence-electron chi connectivity index (χ4n) is 2.48. The van der Waals surface area contributed by atoms with E-state index in [0.29, 0.717) is 16.8 Å². The van der Waals surface area contributed by atoms with E-state index in [1.54, 1.807) is 18.3 Å². The van der Waals surface area contributed by atoms with Crippen LogP contribution in [0.15, 0.2) is 34.3 Å². The quantitative estimate of drug-likeness (QED) is 0.860. The summed E-state index contributed by atoms with van der Waals surface area (Å²) in [7, 11) is 0. The van der Waals surface area contributed by atoms with Crippen molar-refractivity contribution < 1.29 is 4.79 Å².